The third-order valence-electron chi connectivity index (χ3n) is 4.53. The largest absolute Gasteiger partial charge is 0.365 e. The van der Waals surface area contributed by atoms with E-state index in [1.807, 2.05) is 31.2 Å². The Balaban J connectivity index is 1.85. The molecule has 26 heavy (non-hydrogen) atoms. The molecule has 0 saturated heterocycles. The number of alkyl halides is 1. The van der Waals surface area contributed by atoms with Gasteiger partial charge in [-0.05, 0) is 43.9 Å². The van der Waals surface area contributed by atoms with Gasteiger partial charge < -0.3 is 22.1 Å². The van der Waals surface area contributed by atoms with Crippen molar-refractivity contribution in [2.45, 2.75) is 44.4 Å². The minimum Gasteiger partial charge on any atom is -0.365 e. The topological polar surface area (TPSA) is 119 Å². The van der Waals surface area contributed by atoms with Crippen LogP contribution >= 0.6 is 0 Å². The van der Waals surface area contributed by atoms with E-state index in [9.17, 15) is 9.18 Å². The molecule has 7 nitrogen and oxygen atoms in total. The van der Waals surface area contributed by atoms with E-state index in [0.29, 0.717) is 12.2 Å². The quantitative estimate of drug-likeness (QED) is 0.651. The minimum absolute atomic E-state index is 0.174. The molecule has 1 aliphatic rings. The molecule has 0 aliphatic heterocycles. The van der Waals surface area contributed by atoms with Crippen molar-refractivity contribution in [3.05, 3.63) is 41.6 Å². The fourth-order valence-electron chi connectivity index (χ4n) is 3.09. The molecule has 0 bridgehead atoms. The Kier molecular flexibility index (Phi) is 5.32. The molecule has 8 heteroatoms. The van der Waals surface area contributed by atoms with Gasteiger partial charge in [-0.3, -0.25) is 4.79 Å². The number of carbonyl (C=O) groups is 1. The van der Waals surface area contributed by atoms with Crippen LogP contribution in [0.5, 0.6) is 0 Å². The first-order valence-electron chi connectivity index (χ1n) is 8.61. The van der Waals surface area contributed by atoms with Crippen molar-refractivity contribution in [2.75, 3.05) is 10.6 Å². The zero-order valence-corrected chi connectivity index (χ0v) is 14.6. The minimum atomic E-state index is -1.05. The lowest BCUT2D eigenvalue weighted by Crippen LogP contribution is -2.49. The van der Waals surface area contributed by atoms with E-state index >= 15 is 0 Å². The van der Waals surface area contributed by atoms with Crippen LogP contribution in [0.15, 0.2) is 30.5 Å². The summed E-state index contributed by atoms with van der Waals surface area (Å²) in [7, 11) is 0. The highest BCUT2D eigenvalue weighted by Gasteiger charge is 2.31. The molecule has 0 radical (unpaired) electrons. The van der Waals surface area contributed by atoms with Crippen LogP contribution in [0.2, 0.25) is 0 Å². The van der Waals surface area contributed by atoms with E-state index in [0.717, 1.165) is 24.1 Å². The summed E-state index contributed by atoms with van der Waals surface area (Å²) in [5, 5.41) is 6.18. The van der Waals surface area contributed by atoms with Crippen molar-refractivity contribution in [2.24, 2.45) is 11.5 Å². The molecule has 1 heterocycles. The number of nitrogens with zero attached hydrogens (tertiary/aromatic N) is 2. The molecular formula is C18H23FN6O. The predicted octanol–water partition coefficient (Wildman–Crippen LogP) is 2.26. The molecule has 3 rings (SSSR count). The number of nitrogens with one attached hydrogen (secondary N) is 2. The highest BCUT2D eigenvalue weighted by Crippen LogP contribution is 2.24. The summed E-state index contributed by atoms with van der Waals surface area (Å²) in [6.45, 7) is 1.96. The molecule has 0 spiro atoms. The lowest BCUT2D eigenvalue weighted by atomic mass is 9.89. The second-order valence-corrected chi connectivity index (χ2v) is 6.59. The second kappa shape index (κ2) is 7.65. The molecule has 1 aromatic carbocycles. The molecule has 1 amide bonds. The van der Waals surface area contributed by atoms with E-state index < -0.39 is 18.1 Å². The molecule has 1 saturated carbocycles. The fraction of sp³-hybridized carbons (Fsp3) is 0.389. The second-order valence-electron chi connectivity index (χ2n) is 6.59. The van der Waals surface area contributed by atoms with Crippen molar-refractivity contribution in [3.8, 4) is 0 Å². The third-order valence-corrected chi connectivity index (χ3v) is 4.53. The van der Waals surface area contributed by atoms with Crippen LogP contribution in [0.1, 0.15) is 35.2 Å². The summed E-state index contributed by atoms with van der Waals surface area (Å²) < 4.78 is 13.8. The van der Waals surface area contributed by atoms with Crippen molar-refractivity contribution in [1.29, 1.82) is 0 Å². The van der Waals surface area contributed by atoms with Gasteiger partial charge in [-0.1, -0.05) is 12.1 Å². The normalized spacial score (nSPS) is 22.7. The molecule has 3 atom stereocenters. The smallest absolute Gasteiger partial charge is 0.254 e. The Morgan fingerprint density at radius 3 is 2.88 bits per heavy atom. The van der Waals surface area contributed by atoms with Gasteiger partial charge in [-0.2, -0.15) is 4.98 Å². The average molecular weight is 358 g/mol. The van der Waals surface area contributed by atoms with Gasteiger partial charge in [0.25, 0.3) is 5.91 Å². The maximum atomic E-state index is 13.8. The number of nitrogens with two attached hydrogens (primary N) is 2. The summed E-state index contributed by atoms with van der Waals surface area (Å²) in [6.07, 6.45) is 2.28. The number of benzene rings is 1. The predicted molar refractivity (Wildman–Crippen MR) is 99.1 cm³/mol. The lowest BCUT2D eigenvalue weighted by molar-refractivity contribution is 0.100. The van der Waals surface area contributed by atoms with Gasteiger partial charge in [0.05, 0.1) is 6.04 Å². The molecule has 6 N–H and O–H groups in total. The van der Waals surface area contributed by atoms with Crippen molar-refractivity contribution in [3.63, 3.8) is 0 Å². The molecule has 0 unspecified atom stereocenters. The van der Waals surface area contributed by atoms with Crippen LogP contribution in [-0.4, -0.2) is 34.1 Å². The van der Waals surface area contributed by atoms with E-state index in [1.165, 1.54) is 6.20 Å². The number of halogens is 1. The summed E-state index contributed by atoms with van der Waals surface area (Å²) in [4.78, 5) is 20.2. The van der Waals surface area contributed by atoms with E-state index in [-0.39, 0.29) is 17.6 Å². The first-order chi connectivity index (χ1) is 12.4. The molecule has 2 aromatic rings. The van der Waals surface area contributed by atoms with Crippen LogP contribution < -0.4 is 22.1 Å². The van der Waals surface area contributed by atoms with E-state index in [4.69, 9.17) is 11.5 Å². The number of aromatic nitrogens is 2. The fourth-order valence-corrected chi connectivity index (χ4v) is 3.09. The Morgan fingerprint density at radius 2 is 2.15 bits per heavy atom. The Morgan fingerprint density at radius 1 is 1.35 bits per heavy atom. The Hall–Kier alpha value is -2.74. The van der Waals surface area contributed by atoms with Crippen molar-refractivity contribution in [1.82, 2.24) is 9.97 Å². The zero-order valence-electron chi connectivity index (χ0n) is 14.6. The van der Waals surface area contributed by atoms with Crippen LogP contribution in [0.4, 0.5) is 21.8 Å². The van der Waals surface area contributed by atoms with Gasteiger partial charge in [0.15, 0.2) is 0 Å². The molecular weight excluding hydrogens is 335 g/mol. The maximum Gasteiger partial charge on any atom is 0.254 e. The van der Waals surface area contributed by atoms with E-state index in [2.05, 4.69) is 20.6 Å². The third kappa shape index (κ3) is 4.08. The number of carbonyl (C=O) groups excluding carboxylic acids is 1. The lowest BCUT2D eigenvalue weighted by Gasteiger charge is -2.32. The van der Waals surface area contributed by atoms with Gasteiger partial charge in [-0.15, -0.1) is 0 Å². The molecule has 1 aromatic heterocycles. The summed E-state index contributed by atoms with van der Waals surface area (Å²) in [6, 6.07) is 6.76. The molecule has 138 valence electrons. The molecule has 1 aliphatic carbocycles. The Bertz CT molecular complexity index is 799. The standard InChI is InChI=1S/C18H23FN6O/c1-10-4-2-5-11(8-10)23-17-12(16(21)26)9-22-18(25-17)24-14-7-3-6-13(19)15(14)20/h2,4-5,8-9,13-15H,3,6-7,20H2,1H3,(H2,21,26)(H2,22,23,24,25)/t13-,14+,15-/m0/s1. The number of amides is 1. The number of rotatable bonds is 5. The van der Waals surface area contributed by atoms with E-state index in [1.54, 1.807) is 0 Å². The van der Waals surface area contributed by atoms with Gasteiger partial charge >= 0.3 is 0 Å². The van der Waals surface area contributed by atoms with Crippen LogP contribution in [-0.2, 0) is 0 Å². The number of primary amides is 1. The zero-order chi connectivity index (χ0) is 18.7. The number of hydrogen-bond acceptors (Lipinski definition) is 6. The monoisotopic (exact) mass is 358 g/mol. The van der Waals surface area contributed by atoms with Crippen LogP contribution in [0.3, 0.4) is 0 Å². The van der Waals surface area contributed by atoms with Crippen LogP contribution in [0.25, 0.3) is 0 Å². The van der Waals surface area contributed by atoms with Gasteiger partial charge in [-0.25, -0.2) is 9.37 Å². The maximum absolute atomic E-state index is 13.8. The van der Waals surface area contributed by atoms with Crippen molar-refractivity contribution >= 4 is 23.4 Å². The first kappa shape index (κ1) is 18.1. The number of anilines is 3. The van der Waals surface area contributed by atoms with Crippen molar-refractivity contribution < 1.29 is 9.18 Å². The summed E-state index contributed by atoms with van der Waals surface area (Å²) in [5.41, 5.74) is 13.4. The molecule has 1 fully saturated rings. The average Bonchev–Trinajstić information content (AvgIpc) is 2.59. The van der Waals surface area contributed by atoms with Gasteiger partial charge in [0.1, 0.15) is 17.6 Å². The van der Waals surface area contributed by atoms with Crippen LogP contribution in [0, 0.1) is 6.92 Å². The number of hydrogen-bond donors (Lipinski definition) is 4. The SMILES string of the molecule is Cc1cccc(Nc2nc(N[C@@H]3CCC[C@H](F)[C@@H]3N)ncc2C(N)=O)c1. The summed E-state index contributed by atoms with van der Waals surface area (Å²) >= 11 is 0. The highest BCUT2D eigenvalue weighted by atomic mass is 19.1. The number of aryl methyl sites for hydroxylation is 1. The van der Waals surface area contributed by atoms with Gasteiger partial charge in [0, 0.05) is 17.9 Å². The van der Waals surface area contributed by atoms with Gasteiger partial charge in [0.2, 0.25) is 5.95 Å². The summed E-state index contributed by atoms with van der Waals surface area (Å²) in [5.74, 6) is -0.0635. The Labute approximate surface area is 151 Å². The highest BCUT2D eigenvalue weighted by molar-refractivity contribution is 5.98. The first-order valence-corrected chi connectivity index (χ1v) is 8.61.